The number of benzene rings is 1. The van der Waals surface area contributed by atoms with Crippen molar-refractivity contribution in [2.24, 2.45) is 0 Å². The van der Waals surface area contributed by atoms with Gasteiger partial charge in [-0.25, -0.2) is 0 Å². The van der Waals surface area contributed by atoms with Crippen LogP contribution in [-0.4, -0.2) is 28.7 Å². The molecule has 33 heavy (non-hydrogen) atoms. The molecule has 183 valence electrons. The summed E-state index contributed by atoms with van der Waals surface area (Å²) >= 11 is 0. The molecule has 0 saturated heterocycles. The molecule has 0 aromatic heterocycles. The second-order valence-corrected chi connectivity index (χ2v) is 9.02. The summed E-state index contributed by atoms with van der Waals surface area (Å²) < 4.78 is 82.7. The molecule has 0 amide bonds. The summed E-state index contributed by atoms with van der Waals surface area (Å²) in [4.78, 5) is 7.25. The molecule has 0 N–H and O–H groups in total. The Hall–Kier alpha value is -2.22. The molecule has 14 heteroatoms. The second kappa shape index (κ2) is 11.3. The number of allylic oxidation sites excluding steroid dienone is 2. The molecule has 0 saturated carbocycles. The summed E-state index contributed by atoms with van der Waals surface area (Å²) in [7, 11) is -10.7. The molecule has 3 aliphatic rings. The third-order valence-corrected chi connectivity index (χ3v) is 4.39. The normalized spacial score (nSPS) is 22.2. The molecule has 4 rings (SSSR count). The van der Waals surface area contributed by atoms with Crippen LogP contribution in [0.4, 0.5) is 25.2 Å². The zero-order valence-electron chi connectivity index (χ0n) is 17.1. The minimum atomic E-state index is -10.7. The van der Waals surface area contributed by atoms with Gasteiger partial charge in [0, 0.05) is 30.9 Å². The molecule has 2 heterocycles. The monoisotopic (exact) mass is 538 g/mol. The Labute approximate surface area is 196 Å². The third kappa shape index (κ3) is 10.1. The quantitative estimate of drug-likeness (QED) is 0.0946. The van der Waals surface area contributed by atoms with Gasteiger partial charge in [0.2, 0.25) is 0 Å². The van der Waals surface area contributed by atoms with Crippen LogP contribution in [-0.2, 0) is 31.1 Å². The molecule has 1 radical (unpaired) electrons. The first kappa shape index (κ1) is 33.0. The molecule has 1 aliphatic carbocycles. The van der Waals surface area contributed by atoms with E-state index in [0.29, 0.717) is 12.0 Å². The summed E-state index contributed by atoms with van der Waals surface area (Å²) in [6.45, 7) is 14.3. The zero-order chi connectivity index (χ0) is 25.4. The van der Waals surface area contributed by atoms with Gasteiger partial charge in [0.15, 0.2) is 18.2 Å². The summed E-state index contributed by atoms with van der Waals surface area (Å²) in [6, 6.07) is 9.02. The molecule has 1 aromatic rings. The molecule has 2 aliphatic heterocycles. The summed E-state index contributed by atoms with van der Waals surface area (Å²) in [5.41, 5.74) is 8.45. The van der Waals surface area contributed by atoms with Crippen LogP contribution in [0.5, 0.6) is 0 Å². The Bertz CT molecular complexity index is 942. The van der Waals surface area contributed by atoms with Crippen LogP contribution >= 0.6 is 7.81 Å². The van der Waals surface area contributed by atoms with Crippen molar-refractivity contribution in [3.63, 3.8) is 0 Å². The fourth-order valence-corrected chi connectivity index (χ4v) is 3.52. The fourth-order valence-electron chi connectivity index (χ4n) is 3.52. The summed E-state index contributed by atoms with van der Waals surface area (Å²) in [5.74, 6) is 1.49. The molecule has 0 unspecified atom stereocenters. The van der Waals surface area contributed by atoms with Gasteiger partial charge in [-0.2, -0.15) is 4.58 Å². The van der Waals surface area contributed by atoms with Gasteiger partial charge in [0.1, 0.15) is 0 Å². The molecule has 6 nitrogen and oxygen atoms in total. The van der Waals surface area contributed by atoms with Crippen molar-refractivity contribution in [1.29, 1.82) is 0 Å². The Balaban J connectivity index is 0. The van der Waals surface area contributed by atoms with Crippen molar-refractivity contribution in [3.05, 3.63) is 83.5 Å². The topological polar surface area (TPSA) is 91.4 Å². The average molecular weight is 538 g/mol. The predicted molar refractivity (Wildman–Crippen MR) is 104 cm³/mol. The first-order valence-electron chi connectivity index (χ1n) is 8.52. The van der Waals surface area contributed by atoms with Crippen LogP contribution in [0.1, 0.15) is 30.9 Å². The Morgan fingerprint density at radius 3 is 1.97 bits per heavy atom. The Kier molecular flexibility index (Phi) is 11.3. The van der Waals surface area contributed by atoms with E-state index in [0.717, 1.165) is 12.5 Å². The van der Waals surface area contributed by atoms with E-state index in [9.17, 15) is 25.2 Å². The summed E-state index contributed by atoms with van der Waals surface area (Å²) in [6.07, 6.45) is 8.93. The number of ether oxygens (including phenoxy) is 1. The Morgan fingerprint density at radius 2 is 1.45 bits per heavy atom. The maximum atomic E-state index is 9.87. The van der Waals surface area contributed by atoms with Gasteiger partial charge in [0.25, 0.3) is 0 Å². The number of hydrogen-bond donors (Lipinski definition) is 0. The van der Waals surface area contributed by atoms with E-state index >= 15 is 0 Å². The van der Waals surface area contributed by atoms with Gasteiger partial charge in [-0.3, -0.25) is 0 Å². The second-order valence-electron chi connectivity index (χ2n) is 7.11. The van der Waals surface area contributed by atoms with E-state index in [1.807, 2.05) is 0 Å². The van der Waals surface area contributed by atoms with Gasteiger partial charge in [-0.15, -0.1) is 0 Å². The number of halogens is 6. The fraction of sp³-hybridized carbons (Fsp3) is 0.316. The zero-order valence-corrected chi connectivity index (χ0v) is 19.2. The maximum absolute atomic E-state index is 10.7. The predicted octanol–water partition coefficient (Wildman–Crippen LogP) is 6.47. The van der Waals surface area contributed by atoms with Gasteiger partial charge in [0.05, 0.1) is 11.5 Å². The number of fused-ring (bicyclic) bond motifs is 5. The van der Waals surface area contributed by atoms with Crippen molar-refractivity contribution in [2.75, 3.05) is 6.61 Å². The SMILES string of the molecule is CC1(C)COC2=[N+]1[C@H]1C=CC=C[C@H]1c1ccccc12.F[P-](F)(F)(F)(F)F.[C-]#[O+].[C-]#[O+].[Mn].[N-]=O. The summed E-state index contributed by atoms with van der Waals surface area (Å²) in [5, 5.41) is 0. The van der Waals surface area contributed by atoms with E-state index in [4.69, 9.17) is 24.5 Å². The van der Waals surface area contributed by atoms with Crippen LogP contribution in [0, 0.1) is 18.2 Å². The number of nitroso groups, excluding NO2 is 1. The molecule has 2 atom stereocenters. The minimum Gasteiger partial charge on any atom is -0.577 e. The Morgan fingerprint density at radius 1 is 1.00 bits per heavy atom. The molecular formula is C19H18F6MnN2O4P-. The van der Waals surface area contributed by atoms with E-state index in [-0.39, 0.29) is 22.6 Å². The minimum absolute atomic E-state index is 0. The molecule has 1 aromatic carbocycles. The van der Waals surface area contributed by atoms with E-state index in [2.05, 4.69) is 80.3 Å². The van der Waals surface area contributed by atoms with Crippen LogP contribution in [0.2, 0.25) is 0 Å². The molecule has 0 bridgehead atoms. The first-order valence-corrected chi connectivity index (χ1v) is 10.6. The van der Waals surface area contributed by atoms with Crippen LogP contribution in [0.3, 0.4) is 0 Å². The molecule has 0 spiro atoms. The van der Waals surface area contributed by atoms with Gasteiger partial charge in [-0.05, 0) is 17.7 Å². The van der Waals surface area contributed by atoms with Crippen molar-refractivity contribution in [1.82, 2.24) is 0 Å². The van der Waals surface area contributed by atoms with Gasteiger partial charge < -0.3 is 15.2 Å². The first-order chi connectivity index (χ1) is 14.6. The van der Waals surface area contributed by atoms with E-state index in [1.54, 1.807) is 0 Å². The van der Waals surface area contributed by atoms with E-state index in [1.165, 1.54) is 11.1 Å². The smallest absolute Gasteiger partial charge is 0 e. The van der Waals surface area contributed by atoms with Crippen molar-refractivity contribution in [2.45, 2.75) is 31.3 Å². The van der Waals surface area contributed by atoms with Crippen LogP contribution in [0.15, 0.2) is 48.6 Å². The van der Waals surface area contributed by atoms with Crippen molar-refractivity contribution in [3.8, 4) is 0 Å². The largest absolute Gasteiger partial charge is 0.577 e. The number of nitrogens with zero attached hydrogens (tertiary/aromatic N) is 2. The average Bonchev–Trinajstić information content (AvgIpc) is 3.06. The molecule has 0 fully saturated rings. The van der Waals surface area contributed by atoms with Crippen molar-refractivity contribution >= 4 is 13.7 Å². The third-order valence-electron chi connectivity index (χ3n) is 4.39. The molecular weight excluding hydrogens is 520 g/mol. The number of hydrogen-bond acceptors (Lipinski definition) is 2. The van der Waals surface area contributed by atoms with E-state index < -0.39 is 7.81 Å². The van der Waals surface area contributed by atoms with Gasteiger partial charge in [-0.1, -0.05) is 36.4 Å². The van der Waals surface area contributed by atoms with Crippen molar-refractivity contribution < 1.29 is 60.9 Å². The number of rotatable bonds is 0. The van der Waals surface area contributed by atoms with Crippen LogP contribution < -0.4 is 0 Å². The standard InChI is InChI=1S/C17H18NO.2CO.F6P.Mn.NO/c1-17(2)11-19-16-14-9-4-3-7-12(14)13-8-5-6-10-15(13)18(16)17;2*1-2;1-7(2,3,4,5)6;;1-2/h3-10,13,15H,11H2,1-2H3;;;;;/q+1;;;-1;;-1/t13-,15-;;;;;/m0...../s1. The van der Waals surface area contributed by atoms with Gasteiger partial charge >= 0.3 is 61.5 Å². The maximum Gasteiger partial charge on any atom is 0 e. The van der Waals surface area contributed by atoms with Crippen LogP contribution in [0.25, 0.3) is 5.59 Å².